The summed E-state index contributed by atoms with van der Waals surface area (Å²) in [6, 6.07) is 2.28. The van der Waals surface area contributed by atoms with Gasteiger partial charge in [-0.1, -0.05) is 35.4 Å². The van der Waals surface area contributed by atoms with Crippen molar-refractivity contribution in [2.45, 2.75) is 13.8 Å². The van der Waals surface area contributed by atoms with Crippen molar-refractivity contribution >= 4 is 54.8 Å². The Balaban J connectivity index is 2.35. The van der Waals surface area contributed by atoms with Crippen LogP contribution in [0.3, 0.4) is 0 Å². The van der Waals surface area contributed by atoms with Crippen LogP contribution in [0.1, 0.15) is 18.7 Å². The fourth-order valence-electron chi connectivity index (χ4n) is 1.41. The number of thiophene rings is 2. The zero-order valence-electron chi connectivity index (χ0n) is 8.79. The molecule has 0 saturated carbocycles. The lowest BCUT2D eigenvalue weighted by Crippen LogP contribution is -1.93. The summed E-state index contributed by atoms with van der Waals surface area (Å²) in [4.78, 5) is 1.37. The van der Waals surface area contributed by atoms with Gasteiger partial charge >= 0.3 is 0 Å². The second-order valence-corrected chi connectivity index (χ2v) is 6.27. The van der Waals surface area contributed by atoms with E-state index in [4.69, 9.17) is 0 Å². The van der Waals surface area contributed by atoms with Gasteiger partial charge in [-0.05, 0) is 23.4 Å². The monoisotopic (exact) mass is 300 g/mol. The van der Waals surface area contributed by atoms with Gasteiger partial charge < -0.3 is 0 Å². The molecule has 2 aromatic heterocycles. The van der Waals surface area contributed by atoms with Crippen LogP contribution in [0.2, 0.25) is 0 Å². The van der Waals surface area contributed by atoms with Crippen LogP contribution in [0.25, 0.3) is 16.2 Å². The van der Waals surface area contributed by atoms with Gasteiger partial charge in [0.25, 0.3) is 0 Å². The molecule has 0 unspecified atom stereocenters. The van der Waals surface area contributed by atoms with Crippen LogP contribution in [-0.4, -0.2) is 5.33 Å². The van der Waals surface area contributed by atoms with Gasteiger partial charge in [0.15, 0.2) is 0 Å². The summed E-state index contributed by atoms with van der Waals surface area (Å²) in [5, 5.41) is 6.79. The molecule has 0 saturated heterocycles. The van der Waals surface area contributed by atoms with Crippen LogP contribution in [-0.2, 0) is 0 Å². The molecule has 0 aliphatic rings. The zero-order valence-corrected chi connectivity index (χ0v) is 12.0. The maximum absolute atomic E-state index is 3.55. The van der Waals surface area contributed by atoms with E-state index in [9.17, 15) is 0 Å². The third-order valence-corrected chi connectivity index (χ3v) is 5.01. The SMILES string of the molecule is CC(C)/C(=C/c1cc2cscc2s1)CBr. The van der Waals surface area contributed by atoms with Crippen LogP contribution in [0.5, 0.6) is 0 Å². The number of rotatable bonds is 3. The average molecular weight is 301 g/mol. The lowest BCUT2D eigenvalue weighted by Gasteiger charge is -2.06. The van der Waals surface area contributed by atoms with Gasteiger partial charge in [-0.2, -0.15) is 11.3 Å². The lowest BCUT2D eigenvalue weighted by atomic mass is 10.0. The molecule has 0 aromatic carbocycles. The van der Waals surface area contributed by atoms with Crippen molar-refractivity contribution in [3.05, 3.63) is 27.3 Å². The molecular formula is C12H13BrS2. The van der Waals surface area contributed by atoms with E-state index < -0.39 is 0 Å². The van der Waals surface area contributed by atoms with Crippen LogP contribution in [0.4, 0.5) is 0 Å². The van der Waals surface area contributed by atoms with Crippen molar-refractivity contribution in [3.63, 3.8) is 0 Å². The van der Waals surface area contributed by atoms with E-state index in [0.717, 1.165) is 5.33 Å². The molecule has 0 radical (unpaired) electrons. The summed E-state index contributed by atoms with van der Waals surface area (Å²) in [5.74, 6) is 0.614. The molecule has 0 N–H and O–H groups in total. The molecule has 0 amide bonds. The topological polar surface area (TPSA) is 0 Å². The van der Waals surface area contributed by atoms with Crippen molar-refractivity contribution in [1.82, 2.24) is 0 Å². The van der Waals surface area contributed by atoms with Crippen molar-refractivity contribution in [1.29, 1.82) is 0 Å². The van der Waals surface area contributed by atoms with Crippen molar-refractivity contribution in [2.75, 3.05) is 5.33 Å². The van der Waals surface area contributed by atoms with Crippen molar-refractivity contribution < 1.29 is 0 Å². The molecule has 0 aliphatic heterocycles. The Labute approximate surface area is 107 Å². The standard InChI is InChI=1S/C12H13BrS2/c1-8(2)9(5-13)3-11-4-10-6-14-7-12(10)15-11/h3-4,6-8H,5H2,1-2H3/b9-3+. The molecule has 0 aliphatic carbocycles. The van der Waals surface area contributed by atoms with Gasteiger partial charge in [-0.25, -0.2) is 0 Å². The minimum Gasteiger partial charge on any atom is -0.150 e. The number of hydrogen-bond donors (Lipinski definition) is 0. The van der Waals surface area contributed by atoms with E-state index in [0.29, 0.717) is 5.92 Å². The van der Waals surface area contributed by atoms with E-state index in [1.807, 2.05) is 11.3 Å². The Hall–Kier alpha value is -0.120. The van der Waals surface area contributed by atoms with E-state index in [-0.39, 0.29) is 0 Å². The van der Waals surface area contributed by atoms with Crippen molar-refractivity contribution in [3.8, 4) is 0 Å². The molecule has 0 spiro atoms. The van der Waals surface area contributed by atoms with Crippen LogP contribution >= 0.6 is 38.6 Å². The molecule has 15 heavy (non-hydrogen) atoms. The predicted octanol–water partition coefficient (Wildman–Crippen LogP) is 5.40. The smallest absolute Gasteiger partial charge is 0.0456 e. The minimum atomic E-state index is 0.614. The molecule has 3 heteroatoms. The average Bonchev–Trinajstić information content (AvgIpc) is 2.72. The maximum atomic E-state index is 3.55. The van der Waals surface area contributed by atoms with Gasteiger partial charge in [0, 0.05) is 25.7 Å². The number of hydrogen-bond acceptors (Lipinski definition) is 2. The van der Waals surface area contributed by atoms with Crippen molar-refractivity contribution in [2.24, 2.45) is 5.92 Å². The quantitative estimate of drug-likeness (QED) is 0.666. The number of alkyl halides is 1. The molecule has 0 atom stereocenters. The third-order valence-electron chi connectivity index (χ3n) is 2.40. The Morgan fingerprint density at radius 2 is 2.27 bits per heavy atom. The molecule has 2 rings (SSSR count). The van der Waals surface area contributed by atoms with Gasteiger partial charge in [-0.3, -0.25) is 0 Å². The molecule has 0 nitrogen and oxygen atoms in total. The first kappa shape index (κ1) is 11.4. The molecule has 2 aromatic rings. The lowest BCUT2D eigenvalue weighted by molar-refractivity contribution is 0.781. The highest BCUT2D eigenvalue weighted by molar-refractivity contribution is 9.09. The van der Waals surface area contributed by atoms with Gasteiger partial charge in [0.05, 0.1) is 0 Å². The fraction of sp³-hybridized carbons (Fsp3) is 0.333. The minimum absolute atomic E-state index is 0.614. The second kappa shape index (κ2) is 4.81. The fourth-order valence-corrected chi connectivity index (χ4v) is 4.20. The largest absolute Gasteiger partial charge is 0.150 e. The van der Waals surface area contributed by atoms with Crippen LogP contribution < -0.4 is 0 Å². The Kier molecular flexibility index (Phi) is 3.65. The first-order valence-electron chi connectivity index (χ1n) is 4.93. The van der Waals surface area contributed by atoms with Crippen LogP contribution in [0.15, 0.2) is 22.4 Å². The van der Waals surface area contributed by atoms with Gasteiger partial charge in [0.1, 0.15) is 0 Å². The zero-order chi connectivity index (χ0) is 10.8. The summed E-state index contributed by atoms with van der Waals surface area (Å²) in [6.07, 6.45) is 2.31. The number of halogens is 1. The number of fused-ring (bicyclic) bond motifs is 1. The molecule has 0 bridgehead atoms. The normalized spacial score (nSPS) is 12.9. The third kappa shape index (κ3) is 2.52. The summed E-state index contributed by atoms with van der Waals surface area (Å²) in [6.45, 7) is 4.48. The summed E-state index contributed by atoms with van der Waals surface area (Å²) in [5.41, 5.74) is 1.46. The Bertz CT molecular complexity index is 448. The first-order valence-corrected chi connectivity index (χ1v) is 7.81. The number of allylic oxidation sites excluding steroid dienone is 1. The molecule has 80 valence electrons. The Morgan fingerprint density at radius 1 is 1.47 bits per heavy atom. The van der Waals surface area contributed by atoms with Gasteiger partial charge in [0.2, 0.25) is 0 Å². The molecule has 2 heterocycles. The first-order chi connectivity index (χ1) is 7.20. The second-order valence-electron chi connectivity index (χ2n) is 3.85. The molecular weight excluding hydrogens is 288 g/mol. The van der Waals surface area contributed by atoms with E-state index >= 15 is 0 Å². The summed E-state index contributed by atoms with van der Waals surface area (Å²) in [7, 11) is 0. The highest BCUT2D eigenvalue weighted by Gasteiger charge is 2.04. The van der Waals surface area contributed by atoms with E-state index in [1.165, 1.54) is 20.5 Å². The van der Waals surface area contributed by atoms with E-state index in [1.54, 1.807) is 11.3 Å². The Morgan fingerprint density at radius 3 is 2.87 bits per heavy atom. The summed E-state index contributed by atoms with van der Waals surface area (Å²) < 4.78 is 1.41. The highest BCUT2D eigenvalue weighted by atomic mass is 79.9. The van der Waals surface area contributed by atoms with E-state index in [2.05, 4.69) is 52.7 Å². The van der Waals surface area contributed by atoms with Crippen LogP contribution in [0, 0.1) is 5.92 Å². The molecule has 0 fully saturated rings. The van der Waals surface area contributed by atoms with Gasteiger partial charge in [-0.15, -0.1) is 11.3 Å². The maximum Gasteiger partial charge on any atom is 0.0456 e. The summed E-state index contributed by atoms with van der Waals surface area (Å²) >= 11 is 7.20. The highest BCUT2D eigenvalue weighted by Crippen LogP contribution is 2.31. The predicted molar refractivity (Wildman–Crippen MR) is 76.3 cm³/mol.